The van der Waals surface area contributed by atoms with E-state index in [1.165, 1.54) is 0 Å². The molecule has 0 aromatic heterocycles. The van der Waals surface area contributed by atoms with Crippen LogP contribution in [0.3, 0.4) is 0 Å². The van der Waals surface area contributed by atoms with E-state index in [4.69, 9.17) is 0 Å². The maximum atomic E-state index is 11.3. The molecule has 0 saturated heterocycles. The Kier molecular flexibility index (Phi) is 5.35. The zero-order valence-corrected chi connectivity index (χ0v) is 11.7. The van der Waals surface area contributed by atoms with Gasteiger partial charge in [-0.05, 0) is 23.8 Å². The highest BCUT2D eigenvalue weighted by Crippen LogP contribution is 2.48. The number of halogens is 1. The maximum absolute atomic E-state index is 11.3. The molecule has 0 aliphatic heterocycles. The van der Waals surface area contributed by atoms with Crippen molar-refractivity contribution in [1.82, 2.24) is 5.32 Å². The normalized spacial score (nSPS) is 19.1. The molecule has 0 amide bonds. The number of benzene rings is 1. The quantitative estimate of drug-likeness (QED) is 0.748. The van der Waals surface area contributed by atoms with Crippen LogP contribution in [-0.2, 0) is 4.79 Å². The largest absolute Gasteiger partial charge is 0.480 e. The topological polar surface area (TPSA) is 69.6 Å². The van der Waals surface area contributed by atoms with E-state index in [1.54, 1.807) is 0 Å². The first-order valence-electron chi connectivity index (χ1n) is 6.21. The molecule has 106 valence electrons. The second-order valence-corrected chi connectivity index (χ2v) is 5.24. The Labute approximate surface area is 119 Å². The van der Waals surface area contributed by atoms with Gasteiger partial charge in [0.25, 0.3) is 0 Å². The molecule has 0 heterocycles. The predicted octanol–water partition coefficient (Wildman–Crippen LogP) is 1.98. The molecule has 1 aromatic carbocycles. The highest BCUT2D eigenvalue weighted by atomic mass is 35.5. The van der Waals surface area contributed by atoms with Crippen LogP contribution in [0.25, 0.3) is 0 Å². The van der Waals surface area contributed by atoms with Gasteiger partial charge >= 0.3 is 5.97 Å². The number of hydrogen-bond acceptors (Lipinski definition) is 3. The summed E-state index contributed by atoms with van der Waals surface area (Å²) < 4.78 is 0. The summed E-state index contributed by atoms with van der Waals surface area (Å²) in [5.74, 6) is -0.843. The number of aliphatic carboxylic acids is 1. The van der Waals surface area contributed by atoms with Crippen LogP contribution in [0.1, 0.15) is 31.4 Å². The standard InChI is InChI=1S/C14H19NO3.ClH/c1-14(7-8-14)12(13(17)18)15-11(9-16)10-5-3-2-4-6-10;/h2-6,11-12,15-16H,7-9H2,1H3,(H,17,18);1H. The molecular weight excluding hydrogens is 266 g/mol. The van der Waals surface area contributed by atoms with E-state index < -0.39 is 12.0 Å². The number of carbonyl (C=O) groups is 1. The SMILES string of the molecule is CC1(C(NC(CO)c2ccccc2)C(=O)O)CC1.Cl. The van der Waals surface area contributed by atoms with Crippen molar-refractivity contribution < 1.29 is 15.0 Å². The van der Waals surface area contributed by atoms with Crippen LogP contribution >= 0.6 is 12.4 Å². The fraction of sp³-hybridized carbons (Fsp3) is 0.500. The summed E-state index contributed by atoms with van der Waals surface area (Å²) in [4.78, 5) is 11.3. The minimum Gasteiger partial charge on any atom is -0.480 e. The molecule has 1 aliphatic carbocycles. The van der Waals surface area contributed by atoms with E-state index in [9.17, 15) is 15.0 Å². The van der Waals surface area contributed by atoms with Crippen LogP contribution in [0.5, 0.6) is 0 Å². The third-order valence-corrected chi connectivity index (χ3v) is 3.73. The predicted molar refractivity (Wildman–Crippen MR) is 75.4 cm³/mol. The molecule has 19 heavy (non-hydrogen) atoms. The molecular formula is C14H20ClNO3. The summed E-state index contributed by atoms with van der Waals surface area (Å²) in [6.45, 7) is 1.86. The first kappa shape index (κ1) is 16.0. The van der Waals surface area contributed by atoms with Gasteiger partial charge in [0.2, 0.25) is 0 Å². The monoisotopic (exact) mass is 285 g/mol. The molecule has 1 fully saturated rings. The van der Waals surface area contributed by atoms with Crippen molar-refractivity contribution in [3.8, 4) is 0 Å². The molecule has 5 heteroatoms. The summed E-state index contributed by atoms with van der Waals surface area (Å²) in [5.41, 5.74) is 0.740. The Morgan fingerprint density at radius 1 is 1.37 bits per heavy atom. The summed E-state index contributed by atoms with van der Waals surface area (Å²) in [6, 6.07) is 8.51. The minimum absolute atomic E-state index is 0. The Morgan fingerprint density at radius 3 is 2.37 bits per heavy atom. The summed E-state index contributed by atoms with van der Waals surface area (Å²) in [6.07, 6.45) is 1.84. The molecule has 0 radical (unpaired) electrons. The lowest BCUT2D eigenvalue weighted by atomic mass is 9.96. The van der Waals surface area contributed by atoms with Crippen LogP contribution in [0.15, 0.2) is 30.3 Å². The fourth-order valence-electron chi connectivity index (χ4n) is 2.20. The lowest BCUT2D eigenvalue weighted by molar-refractivity contribution is -0.141. The highest BCUT2D eigenvalue weighted by molar-refractivity contribution is 5.85. The molecule has 0 bridgehead atoms. The van der Waals surface area contributed by atoms with Gasteiger partial charge in [0.05, 0.1) is 12.6 Å². The van der Waals surface area contributed by atoms with E-state index in [-0.39, 0.29) is 30.5 Å². The summed E-state index contributed by atoms with van der Waals surface area (Å²) in [5, 5.41) is 21.8. The average Bonchev–Trinajstić information content (AvgIpc) is 3.10. The van der Waals surface area contributed by atoms with E-state index in [0.717, 1.165) is 18.4 Å². The van der Waals surface area contributed by atoms with E-state index in [2.05, 4.69) is 5.32 Å². The number of nitrogens with one attached hydrogen (secondary N) is 1. The van der Waals surface area contributed by atoms with Gasteiger partial charge in [0.1, 0.15) is 6.04 Å². The molecule has 1 aromatic rings. The third kappa shape index (κ3) is 3.69. The smallest absolute Gasteiger partial charge is 0.321 e. The highest BCUT2D eigenvalue weighted by Gasteiger charge is 2.49. The van der Waals surface area contributed by atoms with Gasteiger partial charge in [-0.3, -0.25) is 10.1 Å². The number of carboxylic acids is 1. The molecule has 1 aliphatic rings. The number of aliphatic hydroxyl groups excluding tert-OH is 1. The van der Waals surface area contributed by atoms with Crippen LogP contribution in [0.4, 0.5) is 0 Å². The van der Waals surface area contributed by atoms with Crippen molar-refractivity contribution in [2.75, 3.05) is 6.61 Å². The van der Waals surface area contributed by atoms with E-state index >= 15 is 0 Å². The van der Waals surface area contributed by atoms with Gasteiger partial charge < -0.3 is 10.2 Å². The summed E-state index contributed by atoms with van der Waals surface area (Å²) in [7, 11) is 0. The zero-order valence-electron chi connectivity index (χ0n) is 10.9. The molecule has 4 nitrogen and oxygen atoms in total. The van der Waals surface area contributed by atoms with E-state index in [0.29, 0.717) is 0 Å². The van der Waals surface area contributed by atoms with Gasteiger partial charge in [-0.15, -0.1) is 12.4 Å². The zero-order chi connectivity index (χ0) is 13.2. The summed E-state index contributed by atoms with van der Waals surface area (Å²) >= 11 is 0. The number of aliphatic hydroxyl groups is 1. The van der Waals surface area contributed by atoms with Gasteiger partial charge in [-0.1, -0.05) is 37.3 Å². The molecule has 2 atom stereocenters. The van der Waals surface area contributed by atoms with Crippen LogP contribution in [-0.4, -0.2) is 28.8 Å². The average molecular weight is 286 g/mol. The van der Waals surface area contributed by atoms with Crippen molar-refractivity contribution in [2.24, 2.45) is 5.41 Å². The number of carboxylic acid groups (broad SMARTS) is 1. The third-order valence-electron chi connectivity index (χ3n) is 3.73. The fourth-order valence-corrected chi connectivity index (χ4v) is 2.20. The van der Waals surface area contributed by atoms with Crippen molar-refractivity contribution in [3.05, 3.63) is 35.9 Å². The van der Waals surface area contributed by atoms with E-state index in [1.807, 2.05) is 37.3 Å². The lowest BCUT2D eigenvalue weighted by Crippen LogP contribution is -2.45. The minimum atomic E-state index is -0.843. The number of rotatable bonds is 6. The van der Waals surface area contributed by atoms with Crippen molar-refractivity contribution >= 4 is 18.4 Å². The Balaban J connectivity index is 0.00000180. The van der Waals surface area contributed by atoms with Crippen LogP contribution in [0.2, 0.25) is 0 Å². The van der Waals surface area contributed by atoms with Crippen molar-refractivity contribution in [3.63, 3.8) is 0 Å². The molecule has 2 unspecified atom stereocenters. The van der Waals surface area contributed by atoms with Gasteiger partial charge in [-0.2, -0.15) is 0 Å². The van der Waals surface area contributed by atoms with Crippen LogP contribution < -0.4 is 5.32 Å². The second kappa shape index (κ2) is 6.37. The molecule has 0 spiro atoms. The second-order valence-electron chi connectivity index (χ2n) is 5.24. The molecule has 3 N–H and O–H groups in total. The van der Waals surface area contributed by atoms with Gasteiger partial charge in [-0.25, -0.2) is 0 Å². The van der Waals surface area contributed by atoms with Gasteiger partial charge in [0, 0.05) is 0 Å². The maximum Gasteiger partial charge on any atom is 0.321 e. The molecule has 2 rings (SSSR count). The molecule has 1 saturated carbocycles. The Morgan fingerprint density at radius 2 is 1.95 bits per heavy atom. The lowest BCUT2D eigenvalue weighted by Gasteiger charge is -2.26. The first-order valence-corrected chi connectivity index (χ1v) is 6.21. The Hall–Kier alpha value is -1.10. The van der Waals surface area contributed by atoms with Crippen molar-refractivity contribution in [2.45, 2.75) is 31.8 Å². The Bertz CT molecular complexity index is 420. The van der Waals surface area contributed by atoms with Crippen LogP contribution in [0, 0.1) is 5.41 Å². The van der Waals surface area contributed by atoms with Gasteiger partial charge in [0.15, 0.2) is 0 Å². The number of hydrogen-bond donors (Lipinski definition) is 3. The van der Waals surface area contributed by atoms with Crippen molar-refractivity contribution in [1.29, 1.82) is 0 Å². The first-order chi connectivity index (χ1) is 8.57.